The van der Waals surface area contributed by atoms with Crippen LogP contribution in [0.3, 0.4) is 0 Å². The van der Waals surface area contributed by atoms with Crippen molar-refractivity contribution in [2.75, 3.05) is 7.11 Å². The number of carbonyl (C=O) groups is 1. The van der Waals surface area contributed by atoms with Crippen LogP contribution in [0.4, 0.5) is 0 Å². The highest BCUT2D eigenvalue weighted by atomic mass is 32.2. The highest BCUT2D eigenvalue weighted by molar-refractivity contribution is 7.98. The molecule has 2 aromatic carbocycles. The summed E-state index contributed by atoms with van der Waals surface area (Å²) >= 11 is 1.59. The van der Waals surface area contributed by atoms with E-state index in [9.17, 15) is 4.79 Å². The van der Waals surface area contributed by atoms with Crippen LogP contribution >= 0.6 is 11.8 Å². The smallest absolute Gasteiger partial charge is 0.191 e. The number of ketones is 1. The van der Waals surface area contributed by atoms with Crippen LogP contribution in [-0.4, -0.2) is 27.7 Å². The molecule has 1 heterocycles. The maximum atomic E-state index is 11.7. The molecule has 1 aromatic heterocycles. The lowest BCUT2D eigenvalue weighted by Gasteiger charge is -2.11. The molecule has 0 aliphatic carbocycles. The normalized spacial score (nSPS) is 10.7. The quantitative estimate of drug-likeness (QED) is 0.464. The van der Waals surface area contributed by atoms with E-state index >= 15 is 0 Å². The van der Waals surface area contributed by atoms with Crippen molar-refractivity contribution in [3.63, 3.8) is 0 Å². The van der Waals surface area contributed by atoms with Gasteiger partial charge in [0.05, 0.1) is 13.7 Å². The average Bonchev–Trinajstić information content (AvgIpc) is 3.00. The zero-order valence-corrected chi connectivity index (χ0v) is 15.9. The molecular weight excluding hydrogens is 346 g/mol. The van der Waals surface area contributed by atoms with Gasteiger partial charge in [-0.15, -0.1) is 10.2 Å². The molecule has 0 bridgehead atoms. The van der Waals surface area contributed by atoms with Gasteiger partial charge in [-0.05, 0) is 37.6 Å². The fraction of sp³-hybridized carbons (Fsp3) is 0.250. The molecule has 6 heteroatoms. The number of rotatable bonds is 7. The van der Waals surface area contributed by atoms with Crippen LogP contribution in [0.1, 0.15) is 34.2 Å². The number of aromatic nitrogens is 3. The van der Waals surface area contributed by atoms with E-state index in [1.54, 1.807) is 31.9 Å². The second-order valence-corrected chi connectivity index (χ2v) is 6.92. The number of nitrogens with zero attached hydrogens (tertiary/aromatic N) is 3. The zero-order chi connectivity index (χ0) is 18.5. The Balaban J connectivity index is 1.80. The summed E-state index contributed by atoms with van der Waals surface area (Å²) in [6.07, 6.45) is 0. The predicted molar refractivity (Wildman–Crippen MR) is 103 cm³/mol. The molecule has 0 saturated heterocycles. The summed E-state index contributed by atoms with van der Waals surface area (Å²) in [4.78, 5) is 11.7. The molecule has 26 heavy (non-hydrogen) atoms. The van der Waals surface area contributed by atoms with Crippen molar-refractivity contribution in [2.24, 2.45) is 0 Å². The van der Waals surface area contributed by atoms with E-state index in [0.717, 1.165) is 28.8 Å². The molecule has 134 valence electrons. The van der Waals surface area contributed by atoms with Crippen molar-refractivity contribution < 1.29 is 9.53 Å². The number of hydrogen-bond acceptors (Lipinski definition) is 5. The molecule has 0 saturated carbocycles. The molecule has 0 amide bonds. The molecule has 0 atom stereocenters. The summed E-state index contributed by atoms with van der Waals surface area (Å²) in [5, 5.41) is 9.38. The Labute approximate surface area is 157 Å². The second kappa shape index (κ2) is 8.19. The summed E-state index contributed by atoms with van der Waals surface area (Å²) in [6, 6.07) is 15.8. The SMILES string of the molecule is COc1ccc(C(C)=O)cc1CSc1nnc(C)n1Cc1ccccc1. The van der Waals surface area contributed by atoms with Gasteiger partial charge in [0, 0.05) is 16.9 Å². The van der Waals surface area contributed by atoms with E-state index in [4.69, 9.17) is 4.74 Å². The molecule has 0 aliphatic heterocycles. The van der Waals surface area contributed by atoms with Crippen LogP contribution in [0.25, 0.3) is 0 Å². The topological polar surface area (TPSA) is 57.0 Å². The number of Topliss-reactive ketones (excluding diaryl/α,β-unsaturated/α-hetero) is 1. The molecule has 0 aliphatic rings. The minimum Gasteiger partial charge on any atom is -0.496 e. The van der Waals surface area contributed by atoms with Crippen LogP contribution in [0.2, 0.25) is 0 Å². The van der Waals surface area contributed by atoms with Gasteiger partial charge in [0.2, 0.25) is 0 Å². The number of ether oxygens (including phenoxy) is 1. The van der Waals surface area contributed by atoms with Gasteiger partial charge in [0.25, 0.3) is 0 Å². The van der Waals surface area contributed by atoms with Crippen molar-refractivity contribution in [2.45, 2.75) is 31.3 Å². The average molecular weight is 367 g/mol. The van der Waals surface area contributed by atoms with Crippen LogP contribution in [-0.2, 0) is 12.3 Å². The Morgan fingerprint density at radius 3 is 2.62 bits per heavy atom. The third-order valence-corrected chi connectivity index (χ3v) is 5.14. The van der Waals surface area contributed by atoms with Gasteiger partial charge < -0.3 is 9.30 Å². The summed E-state index contributed by atoms with van der Waals surface area (Å²) < 4.78 is 7.53. The predicted octanol–water partition coefficient (Wildman–Crippen LogP) is 4.14. The Morgan fingerprint density at radius 2 is 1.92 bits per heavy atom. The minimum absolute atomic E-state index is 0.0435. The minimum atomic E-state index is 0.0435. The first kappa shape index (κ1) is 18.2. The first-order valence-electron chi connectivity index (χ1n) is 8.33. The van der Waals surface area contributed by atoms with E-state index < -0.39 is 0 Å². The Morgan fingerprint density at radius 1 is 1.15 bits per heavy atom. The summed E-state index contributed by atoms with van der Waals surface area (Å²) in [7, 11) is 1.64. The van der Waals surface area contributed by atoms with Crippen LogP contribution in [0.15, 0.2) is 53.7 Å². The number of carbonyl (C=O) groups excluding carboxylic acids is 1. The van der Waals surface area contributed by atoms with E-state index in [-0.39, 0.29) is 5.78 Å². The van der Waals surface area contributed by atoms with Crippen LogP contribution in [0.5, 0.6) is 5.75 Å². The molecule has 0 radical (unpaired) electrons. The lowest BCUT2D eigenvalue weighted by Crippen LogP contribution is -2.04. The van der Waals surface area contributed by atoms with Crippen molar-refractivity contribution in [3.05, 3.63) is 71.0 Å². The fourth-order valence-electron chi connectivity index (χ4n) is 2.67. The molecule has 0 spiro atoms. The van der Waals surface area contributed by atoms with E-state index in [2.05, 4.69) is 26.9 Å². The van der Waals surface area contributed by atoms with Gasteiger partial charge in [-0.2, -0.15) is 0 Å². The zero-order valence-electron chi connectivity index (χ0n) is 15.1. The fourth-order valence-corrected chi connectivity index (χ4v) is 3.63. The largest absolute Gasteiger partial charge is 0.496 e. The van der Waals surface area contributed by atoms with Crippen LogP contribution < -0.4 is 4.74 Å². The van der Waals surface area contributed by atoms with E-state index in [0.29, 0.717) is 11.3 Å². The lowest BCUT2D eigenvalue weighted by molar-refractivity contribution is 0.101. The maximum absolute atomic E-state index is 11.7. The lowest BCUT2D eigenvalue weighted by atomic mass is 10.1. The Hall–Kier alpha value is -2.60. The first-order chi connectivity index (χ1) is 12.6. The molecule has 5 nitrogen and oxygen atoms in total. The summed E-state index contributed by atoms with van der Waals surface area (Å²) in [5.41, 5.74) is 2.86. The number of hydrogen-bond donors (Lipinski definition) is 0. The van der Waals surface area contributed by atoms with Gasteiger partial charge in [-0.1, -0.05) is 42.1 Å². The maximum Gasteiger partial charge on any atom is 0.191 e. The summed E-state index contributed by atoms with van der Waals surface area (Å²) in [5.74, 6) is 2.34. The van der Waals surface area contributed by atoms with Crippen molar-refractivity contribution in [1.29, 1.82) is 0 Å². The molecule has 0 unspecified atom stereocenters. The van der Waals surface area contributed by atoms with Gasteiger partial charge in [0.15, 0.2) is 10.9 Å². The summed E-state index contributed by atoms with van der Waals surface area (Å²) in [6.45, 7) is 4.25. The second-order valence-electron chi connectivity index (χ2n) is 5.97. The van der Waals surface area contributed by atoms with Gasteiger partial charge in [-0.25, -0.2) is 0 Å². The molecule has 0 fully saturated rings. The third-order valence-electron chi connectivity index (χ3n) is 4.13. The van der Waals surface area contributed by atoms with Crippen LogP contribution in [0, 0.1) is 6.92 Å². The highest BCUT2D eigenvalue weighted by Crippen LogP contribution is 2.29. The first-order valence-corrected chi connectivity index (χ1v) is 9.31. The van der Waals surface area contributed by atoms with Gasteiger partial charge in [0.1, 0.15) is 11.6 Å². The van der Waals surface area contributed by atoms with E-state index in [1.807, 2.05) is 37.3 Å². The third kappa shape index (κ3) is 4.14. The molecule has 0 N–H and O–H groups in total. The molecular formula is C20H21N3O2S. The highest BCUT2D eigenvalue weighted by Gasteiger charge is 2.13. The Bertz CT molecular complexity index is 907. The number of methoxy groups -OCH3 is 1. The van der Waals surface area contributed by atoms with Gasteiger partial charge >= 0.3 is 0 Å². The number of aryl methyl sites for hydroxylation is 1. The van der Waals surface area contributed by atoms with Gasteiger partial charge in [-0.3, -0.25) is 4.79 Å². The monoisotopic (exact) mass is 367 g/mol. The van der Waals surface area contributed by atoms with Crippen molar-refractivity contribution in [1.82, 2.24) is 14.8 Å². The standard InChI is InChI=1S/C20H21N3O2S/c1-14(24)17-9-10-19(25-3)18(11-17)13-26-20-22-21-15(2)23(20)12-16-7-5-4-6-8-16/h4-11H,12-13H2,1-3H3. The molecule has 3 rings (SSSR count). The van der Waals surface area contributed by atoms with Crippen molar-refractivity contribution in [3.8, 4) is 5.75 Å². The number of thioether (sulfide) groups is 1. The Kier molecular flexibility index (Phi) is 5.73. The van der Waals surface area contributed by atoms with E-state index in [1.165, 1.54) is 5.56 Å². The van der Waals surface area contributed by atoms with Crippen molar-refractivity contribution >= 4 is 17.5 Å². The number of benzene rings is 2. The molecule has 3 aromatic rings.